The molecule has 4 rings (SSSR count). The number of anilines is 2. The van der Waals surface area contributed by atoms with Gasteiger partial charge in [0.15, 0.2) is 0 Å². The van der Waals surface area contributed by atoms with Gasteiger partial charge in [0.05, 0.1) is 32.3 Å². The number of carboxylic acid groups (broad SMARTS) is 2. The predicted molar refractivity (Wildman–Crippen MR) is 164 cm³/mol. The number of rotatable bonds is 10. The molecule has 0 spiro atoms. The first-order valence-corrected chi connectivity index (χ1v) is 14.5. The van der Waals surface area contributed by atoms with E-state index in [4.69, 9.17) is 24.4 Å². The maximum Gasteiger partial charge on any atom is 0.337 e. The number of carbonyl (C=O) groups is 6. The summed E-state index contributed by atoms with van der Waals surface area (Å²) in [7, 11) is 0. The summed E-state index contributed by atoms with van der Waals surface area (Å²) in [4.78, 5) is 76.4. The summed E-state index contributed by atoms with van der Waals surface area (Å²) >= 11 is 12.4. The molecule has 16 heteroatoms. The zero-order chi connectivity index (χ0) is 30.6. The summed E-state index contributed by atoms with van der Waals surface area (Å²) in [6.45, 7) is -0.207. The molecule has 0 unspecified atom stereocenters. The summed E-state index contributed by atoms with van der Waals surface area (Å²) in [5.41, 5.74) is 0.0646. The van der Waals surface area contributed by atoms with Gasteiger partial charge in [0, 0.05) is 25.9 Å². The van der Waals surface area contributed by atoms with Crippen molar-refractivity contribution in [1.82, 2.24) is 9.80 Å². The monoisotopic (exact) mass is 644 g/mol. The van der Waals surface area contributed by atoms with Gasteiger partial charge >= 0.3 is 11.9 Å². The van der Waals surface area contributed by atoms with E-state index >= 15 is 0 Å². The fourth-order valence-electron chi connectivity index (χ4n) is 3.87. The molecule has 2 heterocycles. The molecular weight excluding hydrogens is 625 g/mol. The molecule has 0 saturated carbocycles. The topological polar surface area (TPSA) is 173 Å². The molecule has 0 bridgehead atoms. The van der Waals surface area contributed by atoms with Crippen LogP contribution in [0.2, 0.25) is 0 Å². The van der Waals surface area contributed by atoms with Gasteiger partial charge in [0.1, 0.15) is 8.64 Å². The van der Waals surface area contributed by atoms with Crippen LogP contribution in [0.25, 0.3) is 0 Å². The van der Waals surface area contributed by atoms with E-state index in [1.165, 1.54) is 46.2 Å². The van der Waals surface area contributed by atoms with E-state index in [1.54, 1.807) is 12.1 Å². The van der Waals surface area contributed by atoms with Gasteiger partial charge in [-0.15, -0.1) is 0 Å². The number of nitrogens with one attached hydrogen (secondary N) is 2. The highest BCUT2D eigenvalue weighted by Crippen LogP contribution is 2.42. The normalized spacial score (nSPS) is 16.7. The number of thiocarbonyl (C=S) groups is 2. The molecule has 0 atom stereocenters. The Kier molecular flexibility index (Phi) is 9.72. The highest BCUT2D eigenvalue weighted by molar-refractivity contribution is 8.29. The van der Waals surface area contributed by atoms with Crippen molar-refractivity contribution in [3.05, 3.63) is 69.5 Å². The van der Waals surface area contributed by atoms with Crippen molar-refractivity contribution in [3.63, 3.8) is 0 Å². The lowest BCUT2D eigenvalue weighted by Crippen LogP contribution is -2.33. The van der Waals surface area contributed by atoms with Crippen LogP contribution in [0.4, 0.5) is 11.4 Å². The molecule has 12 nitrogen and oxygen atoms in total. The van der Waals surface area contributed by atoms with Crippen LogP contribution in [-0.4, -0.2) is 77.3 Å². The summed E-state index contributed by atoms with van der Waals surface area (Å²) in [5, 5.41) is 23.6. The van der Waals surface area contributed by atoms with Crippen molar-refractivity contribution < 1.29 is 39.0 Å². The van der Waals surface area contributed by atoms with Crippen LogP contribution in [0.5, 0.6) is 0 Å². The fourth-order valence-corrected chi connectivity index (χ4v) is 6.64. The summed E-state index contributed by atoms with van der Waals surface area (Å²) < 4.78 is 0.269. The lowest BCUT2D eigenvalue weighted by Gasteiger charge is -2.15. The number of hydrogen-bond acceptors (Lipinski definition) is 10. The zero-order valence-electron chi connectivity index (χ0n) is 21.3. The largest absolute Gasteiger partial charge is 0.478 e. The van der Waals surface area contributed by atoms with Crippen LogP contribution in [0.15, 0.2) is 58.3 Å². The van der Waals surface area contributed by atoms with Crippen molar-refractivity contribution in [2.24, 2.45) is 0 Å². The Balaban J connectivity index is 1.36. The van der Waals surface area contributed by atoms with Gasteiger partial charge in [-0.05, 0) is 24.3 Å². The van der Waals surface area contributed by atoms with E-state index in [0.29, 0.717) is 0 Å². The minimum Gasteiger partial charge on any atom is -0.478 e. The molecule has 42 heavy (non-hydrogen) atoms. The predicted octanol–water partition coefficient (Wildman–Crippen LogP) is 3.37. The Hall–Kier alpha value is -4.12. The van der Waals surface area contributed by atoms with Gasteiger partial charge in [-0.3, -0.25) is 29.0 Å². The van der Waals surface area contributed by atoms with Gasteiger partial charge < -0.3 is 20.8 Å². The first kappa shape index (κ1) is 30.8. The van der Waals surface area contributed by atoms with Gasteiger partial charge in [0.25, 0.3) is 11.8 Å². The second-order valence-corrected chi connectivity index (χ2v) is 11.9. The van der Waals surface area contributed by atoms with E-state index in [-0.39, 0.29) is 66.9 Å². The van der Waals surface area contributed by atoms with Crippen LogP contribution in [0.1, 0.15) is 33.6 Å². The van der Waals surface area contributed by atoms with Crippen LogP contribution >= 0.6 is 48.0 Å². The maximum absolute atomic E-state index is 13.1. The van der Waals surface area contributed by atoms with E-state index in [0.717, 1.165) is 23.5 Å². The van der Waals surface area contributed by atoms with E-state index in [9.17, 15) is 39.0 Å². The average molecular weight is 645 g/mol. The minimum absolute atomic E-state index is 0.0521. The second-order valence-electron chi connectivity index (χ2n) is 8.61. The van der Waals surface area contributed by atoms with E-state index in [1.807, 2.05) is 0 Å². The fraction of sp³-hybridized carbons (Fsp3) is 0.154. The number of carboxylic acids is 2. The van der Waals surface area contributed by atoms with Crippen LogP contribution in [0.3, 0.4) is 0 Å². The average Bonchev–Trinajstić information content (AvgIpc) is 3.39. The number of benzene rings is 2. The Labute approximate surface area is 257 Å². The molecule has 0 aliphatic carbocycles. The van der Waals surface area contributed by atoms with Crippen molar-refractivity contribution in [3.8, 4) is 0 Å². The Morgan fingerprint density at radius 1 is 0.667 bits per heavy atom. The molecule has 0 aromatic heterocycles. The number of hydrogen-bond donors (Lipinski definition) is 4. The van der Waals surface area contributed by atoms with Gasteiger partial charge in [-0.1, -0.05) is 72.2 Å². The quantitative estimate of drug-likeness (QED) is 0.220. The lowest BCUT2D eigenvalue weighted by molar-refractivity contribution is -0.125. The van der Waals surface area contributed by atoms with Gasteiger partial charge in [-0.25, -0.2) is 9.59 Å². The second kappa shape index (κ2) is 13.2. The summed E-state index contributed by atoms with van der Waals surface area (Å²) in [6.07, 6.45) is -0.372. The first-order valence-electron chi connectivity index (χ1n) is 12.0. The molecule has 4 amide bonds. The Bertz CT molecular complexity index is 1480. The maximum atomic E-state index is 13.1. The Morgan fingerprint density at radius 3 is 1.38 bits per heavy atom. The first-order chi connectivity index (χ1) is 20.0. The SMILES string of the molecule is O=C(CCN1C(=O)C(=C2SC(=S)N(CCC(=O)Nc3ccccc3C(=O)O)C2=O)SC1=S)Nc1ccccc1C(=O)O. The molecular formula is C26H20N4O8S4. The summed E-state index contributed by atoms with van der Waals surface area (Å²) in [6, 6.07) is 11.8. The Morgan fingerprint density at radius 2 is 1.02 bits per heavy atom. The number of thioether (sulfide) groups is 2. The lowest BCUT2D eigenvalue weighted by atomic mass is 10.1. The van der Waals surface area contributed by atoms with Gasteiger partial charge in [-0.2, -0.15) is 0 Å². The number of carbonyl (C=O) groups excluding carboxylic acids is 4. The van der Waals surface area contributed by atoms with Crippen LogP contribution in [-0.2, 0) is 19.2 Å². The van der Waals surface area contributed by atoms with Crippen molar-refractivity contribution in [1.29, 1.82) is 0 Å². The molecule has 4 N–H and O–H groups in total. The van der Waals surface area contributed by atoms with Crippen molar-refractivity contribution >= 4 is 104 Å². The van der Waals surface area contributed by atoms with Gasteiger partial charge in [0.2, 0.25) is 11.8 Å². The molecule has 2 aromatic rings. The van der Waals surface area contributed by atoms with Crippen LogP contribution in [0, 0.1) is 0 Å². The highest BCUT2D eigenvalue weighted by atomic mass is 32.2. The third kappa shape index (κ3) is 6.84. The third-order valence-electron chi connectivity index (χ3n) is 5.89. The highest BCUT2D eigenvalue weighted by Gasteiger charge is 2.42. The standard InChI is InChI=1S/C26H20N4O8S4/c31-17(27-15-7-3-1-5-13(15)23(35)36)9-11-29-21(33)19(41-25(29)39)20-22(34)30(26(40)42-20)12-10-18(32)28-16-8-4-2-6-14(16)24(37)38/h1-8H,9-12H2,(H,27,31)(H,28,32)(H,35,36)(H,37,38). The summed E-state index contributed by atoms with van der Waals surface area (Å²) in [5.74, 6) is -4.63. The smallest absolute Gasteiger partial charge is 0.337 e. The molecule has 2 aromatic carbocycles. The zero-order valence-corrected chi connectivity index (χ0v) is 24.6. The van der Waals surface area contributed by atoms with Crippen LogP contribution < -0.4 is 10.6 Å². The molecule has 216 valence electrons. The van der Waals surface area contributed by atoms with E-state index < -0.39 is 35.6 Å². The minimum atomic E-state index is -1.20. The van der Waals surface area contributed by atoms with E-state index in [2.05, 4.69) is 10.6 Å². The molecule has 2 fully saturated rings. The molecule has 2 aliphatic heterocycles. The molecule has 2 saturated heterocycles. The molecule has 0 radical (unpaired) electrons. The number of amides is 4. The number of para-hydroxylation sites is 2. The third-order valence-corrected chi connectivity index (χ3v) is 8.92. The number of nitrogens with zero attached hydrogens (tertiary/aromatic N) is 2. The van der Waals surface area contributed by atoms with Crippen molar-refractivity contribution in [2.45, 2.75) is 12.8 Å². The molecule has 2 aliphatic rings. The number of aromatic carboxylic acids is 2. The van der Waals surface area contributed by atoms with Crippen molar-refractivity contribution in [2.75, 3.05) is 23.7 Å².